The van der Waals surface area contributed by atoms with Gasteiger partial charge in [0.2, 0.25) is 5.96 Å². The molecule has 8 nitrogen and oxygen atoms in total. The Morgan fingerprint density at radius 2 is 1.76 bits per heavy atom. The highest BCUT2D eigenvalue weighted by Gasteiger charge is 2.39. The highest BCUT2D eigenvalue weighted by Crippen LogP contribution is 2.48. The number of guanidine groups is 1. The monoisotopic (exact) mass is 696 g/mol. The van der Waals surface area contributed by atoms with Crippen LogP contribution in [0.2, 0.25) is 5.02 Å². The number of carbonyl (C=O) groups excluding carboxylic acids is 1. The number of aliphatic imine (C=N–C) groups is 3. The summed E-state index contributed by atoms with van der Waals surface area (Å²) in [5.74, 6) is 1.32. The number of nitrogens with one attached hydrogen (secondary N) is 2. The Bertz CT molecular complexity index is 1580. The zero-order chi connectivity index (χ0) is 35.4. The molecule has 12 heteroatoms. The Balaban J connectivity index is 1.31. The highest BCUT2D eigenvalue weighted by molar-refractivity contribution is 6.32. The minimum Gasteiger partial charge on any atom is -0.492 e. The van der Waals surface area contributed by atoms with E-state index in [1.54, 1.807) is 42.5 Å². The molecule has 1 saturated carbocycles. The van der Waals surface area contributed by atoms with Gasteiger partial charge in [0.25, 0.3) is 5.91 Å². The molecular weight excluding hydrogens is 653 g/mol. The molecule has 0 bridgehead atoms. The standard InChI is InChI=1S/C37H44ClF3N6O2/c1-36(2,23-45-34(48)28-12-14-30(42-3)15-13-28)25-47(22-29-20-31(29)27-9-6-5-7-10-27)17-8-18-49-33-16-11-26(19-32(33)38)21-44-35(43-4)46-24-37(39,40)41/h5-7,9-16,19,29,31H,3-4,8,17-18,20-25H2,1-2H3,(H,44,46)(H,45,48)/t29-,31?/m0/s1. The van der Waals surface area contributed by atoms with Crippen molar-refractivity contribution in [3.05, 3.63) is 94.5 Å². The van der Waals surface area contributed by atoms with Crippen LogP contribution >= 0.6 is 11.6 Å². The van der Waals surface area contributed by atoms with Crippen LogP contribution in [0.25, 0.3) is 0 Å². The summed E-state index contributed by atoms with van der Waals surface area (Å²) in [7, 11) is 0. The second kappa shape index (κ2) is 17.4. The fourth-order valence-corrected chi connectivity index (χ4v) is 5.92. The summed E-state index contributed by atoms with van der Waals surface area (Å²) in [4.78, 5) is 26.8. The van der Waals surface area contributed by atoms with Crippen molar-refractivity contribution in [2.75, 3.05) is 39.3 Å². The van der Waals surface area contributed by atoms with Gasteiger partial charge in [-0.1, -0.05) is 61.8 Å². The molecule has 0 radical (unpaired) electrons. The number of nitrogens with zero attached hydrogens (tertiary/aromatic N) is 4. The first-order valence-electron chi connectivity index (χ1n) is 16.2. The van der Waals surface area contributed by atoms with Crippen molar-refractivity contribution in [1.29, 1.82) is 0 Å². The van der Waals surface area contributed by atoms with E-state index in [4.69, 9.17) is 16.3 Å². The number of hydrogen-bond donors (Lipinski definition) is 2. The van der Waals surface area contributed by atoms with Gasteiger partial charge < -0.3 is 20.3 Å². The van der Waals surface area contributed by atoms with Gasteiger partial charge >= 0.3 is 6.18 Å². The molecule has 0 saturated heterocycles. The van der Waals surface area contributed by atoms with Crippen LogP contribution in [-0.2, 0) is 6.54 Å². The molecule has 262 valence electrons. The smallest absolute Gasteiger partial charge is 0.405 e. The van der Waals surface area contributed by atoms with Crippen molar-refractivity contribution in [2.24, 2.45) is 26.3 Å². The fourth-order valence-electron chi connectivity index (χ4n) is 5.66. The third kappa shape index (κ3) is 12.6. The van der Waals surface area contributed by atoms with Crippen molar-refractivity contribution in [2.45, 2.75) is 45.3 Å². The van der Waals surface area contributed by atoms with E-state index < -0.39 is 12.7 Å². The molecule has 0 aromatic heterocycles. The minimum atomic E-state index is -4.39. The van der Waals surface area contributed by atoms with E-state index in [-0.39, 0.29) is 23.8 Å². The van der Waals surface area contributed by atoms with Gasteiger partial charge in [-0.3, -0.25) is 9.79 Å². The van der Waals surface area contributed by atoms with E-state index in [2.05, 4.69) is 82.1 Å². The molecule has 0 heterocycles. The first-order chi connectivity index (χ1) is 23.4. The Labute approximate surface area is 291 Å². The molecule has 2 N–H and O–H groups in total. The van der Waals surface area contributed by atoms with E-state index in [9.17, 15) is 18.0 Å². The van der Waals surface area contributed by atoms with Crippen molar-refractivity contribution >= 4 is 42.6 Å². The molecule has 2 atom stereocenters. The van der Waals surface area contributed by atoms with Gasteiger partial charge in [-0.15, -0.1) is 0 Å². The lowest BCUT2D eigenvalue weighted by atomic mass is 9.92. The number of benzene rings is 3. The summed E-state index contributed by atoms with van der Waals surface area (Å²) in [5.41, 5.74) is 3.17. The van der Waals surface area contributed by atoms with Crippen molar-refractivity contribution in [3.63, 3.8) is 0 Å². The summed E-state index contributed by atoms with van der Waals surface area (Å²) in [5, 5.41) is 5.61. The maximum Gasteiger partial charge on any atom is 0.405 e. The van der Waals surface area contributed by atoms with E-state index in [1.807, 2.05) is 6.07 Å². The largest absolute Gasteiger partial charge is 0.492 e. The number of alkyl halides is 3. The Kier molecular flexibility index (Phi) is 13.4. The number of amides is 1. The van der Waals surface area contributed by atoms with Crippen LogP contribution in [0.3, 0.4) is 0 Å². The third-order valence-electron chi connectivity index (χ3n) is 8.21. The van der Waals surface area contributed by atoms with Gasteiger partial charge in [0, 0.05) is 31.7 Å². The van der Waals surface area contributed by atoms with E-state index >= 15 is 0 Å². The zero-order valence-electron chi connectivity index (χ0n) is 28.0. The number of carbonyl (C=O) groups is 1. The van der Waals surface area contributed by atoms with Crippen LogP contribution in [0.5, 0.6) is 5.75 Å². The number of ether oxygens (including phenoxy) is 1. The van der Waals surface area contributed by atoms with Crippen molar-refractivity contribution in [1.82, 2.24) is 15.5 Å². The second-order valence-corrected chi connectivity index (χ2v) is 13.4. The van der Waals surface area contributed by atoms with Crippen LogP contribution in [0, 0.1) is 11.3 Å². The van der Waals surface area contributed by atoms with Crippen molar-refractivity contribution in [3.8, 4) is 5.75 Å². The Morgan fingerprint density at radius 1 is 1.02 bits per heavy atom. The third-order valence-corrected chi connectivity index (χ3v) is 8.51. The molecule has 3 aromatic rings. The van der Waals surface area contributed by atoms with Gasteiger partial charge in [0.15, 0.2) is 0 Å². The Hall–Kier alpha value is -4.22. The highest BCUT2D eigenvalue weighted by atomic mass is 35.5. The van der Waals surface area contributed by atoms with Crippen LogP contribution in [0.4, 0.5) is 18.9 Å². The van der Waals surface area contributed by atoms with E-state index in [1.165, 1.54) is 5.56 Å². The molecule has 3 aromatic carbocycles. The van der Waals surface area contributed by atoms with Crippen LogP contribution in [0.1, 0.15) is 54.1 Å². The lowest BCUT2D eigenvalue weighted by Gasteiger charge is -2.33. The average Bonchev–Trinajstić information content (AvgIpc) is 3.85. The van der Waals surface area contributed by atoms with Crippen molar-refractivity contribution < 1.29 is 22.7 Å². The summed E-state index contributed by atoms with van der Waals surface area (Å²) in [6.45, 7) is 13.4. The molecule has 49 heavy (non-hydrogen) atoms. The van der Waals surface area contributed by atoms with Crippen LogP contribution in [0.15, 0.2) is 87.8 Å². The molecular formula is C37H44ClF3N6O2. The maximum atomic E-state index is 12.8. The molecule has 1 amide bonds. The molecule has 1 aliphatic carbocycles. The minimum absolute atomic E-state index is 0.0780. The average molecular weight is 697 g/mol. The Morgan fingerprint density at radius 3 is 2.41 bits per heavy atom. The van der Waals surface area contributed by atoms with E-state index in [0.717, 1.165) is 32.5 Å². The maximum absolute atomic E-state index is 12.8. The molecule has 0 spiro atoms. The van der Waals surface area contributed by atoms with Crippen LogP contribution in [-0.4, -0.2) is 75.7 Å². The molecule has 4 rings (SSSR count). The fraction of sp³-hybridized carbons (Fsp3) is 0.405. The predicted octanol–water partition coefficient (Wildman–Crippen LogP) is 7.71. The second-order valence-electron chi connectivity index (χ2n) is 13.0. The first-order valence-corrected chi connectivity index (χ1v) is 16.6. The SMILES string of the molecule is C=NC(=NCc1ccc(OCCCN(C[C@@H]2CC2c2ccccc2)CC(C)(C)CNC(=O)c2ccc(N=C)cc2)c(Cl)c1)NCC(F)(F)F. The summed E-state index contributed by atoms with van der Waals surface area (Å²) in [6, 6.07) is 22.8. The molecule has 0 aliphatic heterocycles. The van der Waals surface area contributed by atoms with Gasteiger partial charge in [-0.2, -0.15) is 13.2 Å². The summed E-state index contributed by atoms with van der Waals surface area (Å²) in [6.07, 6.45) is -2.48. The normalized spacial score (nSPS) is 16.3. The first kappa shape index (κ1) is 37.6. The quantitative estimate of drug-likeness (QED) is 0.0860. The summed E-state index contributed by atoms with van der Waals surface area (Å²) >= 11 is 6.47. The van der Waals surface area contributed by atoms with Crippen LogP contribution < -0.4 is 15.4 Å². The number of hydrogen-bond acceptors (Lipinski definition) is 5. The molecule has 1 aliphatic rings. The molecule has 1 unspecified atom stereocenters. The van der Waals surface area contributed by atoms with Gasteiger partial charge in [0.05, 0.1) is 23.9 Å². The van der Waals surface area contributed by atoms with Gasteiger partial charge in [0.1, 0.15) is 12.3 Å². The number of halogens is 4. The lowest BCUT2D eigenvalue weighted by Crippen LogP contribution is -2.43. The zero-order valence-corrected chi connectivity index (χ0v) is 28.7. The van der Waals surface area contributed by atoms with Gasteiger partial charge in [-0.25, -0.2) is 9.98 Å². The molecule has 1 fully saturated rings. The lowest BCUT2D eigenvalue weighted by molar-refractivity contribution is -0.122. The summed E-state index contributed by atoms with van der Waals surface area (Å²) < 4.78 is 43.5. The van der Waals surface area contributed by atoms with E-state index in [0.29, 0.717) is 52.6 Å². The topological polar surface area (TPSA) is 90.7 Å². The van der Waals surface area contributed by atoms with Gasteiger partial charge in [-0.05, 0) is 91.1 Å². The predicted molar refractivity (Wildman–Crippen MR) is 192 cm³/mol. The number of rotatable bonds is 17.